The molecular weight excluding hydrogens is 324 g/mol. The van der Waals surface area contributed by atoms with Crippen molar-refractivity contribution in [3.63, 3.8) is 0 Å². The summed E-state index contributed by atoms with van der Waals surface area (Å²) >= 11 is 0. The zero-order chi connectivity index (χ0) is 18.6. The van der Waals surface area contributed by atoms with Crippen LogP contribution in [0, 0.1) is 0 Å². The summed E-state index contributed by atoms with van der Waals surface area (Å²) in [5.41, 5.74) is 2.38. The molecule has 0 saturated heterocycles. The van der Waals surface area contributed by atoms with E-state index in [0.29, 0.717) is 0 Å². The molecule has 0 fully saturated rings. The lowest BCUT2D eigenvalue weighted by atomic mass is 10.1. The maximum absolute atomic E-state index is 4.67. The van der Waals surface area contributed by atoms with Gasteiger partial charge in [0.1, 0.15) is 0 Å². The van der Waals surface area contributed by atoms with Crippen molar-refractivity contribution >= 4 is 5.96 Å². The molecule has 0 aliphatic rings. The molecule has 2 aromatic rings. The van der Waals surface area contributed by atoms with Crippen molar-refractivity contribution in [2.75, 3.05) is 39.3 Å². The zero-order valence-corrected chi connectivity index (χ0v) is 16.3. The van der Waals surface area contributed by atoms with Gasteiger partial charge in [-0.25, -0.2) is 4.68 Å². The normalized spacial score (nSPS) is 11.8. The van der Waals surface area contributed by atoms with Crippen LogP contribution in [0.5, 0.6) is 0 Å². The first-order valence-corrected chi connectivity index (χ1v) is 9.60. The van der Waals surface area contributed by atoms with Crippen molar-refractivity contribution in [2.45, 2.75) is 27.2 Å². The van der Waals surface area contributed by atoms with E-state index in [-0.39, 0.29) is 0 Å². The second-order valence-corrected chi connectivity index (χ2v) is 6.08. The van der Waals surface area contributed by atoms with Gasteiger partial charge in [-0.05, 0) is 50.2 Å². The molecule has 1 aromatic carbocycles. The quantitative estimate of drug-likeness (QED) is 0.507. The minimum Gasteiger partial charge on any atom is -0.357 e. The van der Waals surface area contributed by atoms with Crippen LogP contribution in [0.3, 0.4) is 0 Å². The zero-order valence-electron chi connectivity index (χ0n) is 16.3. The fraction of sp³-hybridized carbons (Fsp3) is 0.500. The lowest BCUT2D eigenvalue weighted by Crippen LogP contribution is -2.39. The Balaban J connectivity index is 1.79. The van der Waals surface area contributed by atoms with Crippen molar-refractivity contribution in [3.8, 4) is 5.69 Å². The Morgan fingerprint density at radius 3 is 2.50 bits per heavy atom. The van der Waals surface area contributed by atoms with Crippen molar-refractivity contribution in [1.82, 2.24) is 25.3 Å². The number of nitrogens with zero attached hydrogens (tertiary/aromatic N) is 4. The second-order valence-electron chi connectivity index (χ2n) is 6.08. The minimum atomic E-state index is 0.815. The number of likely N-dealkylation sites (N-methyl/N-ethyl adjacent to an activating group) is 1. The van der Waals surface area contributed by atoms with Gasteiger partial charge in [-0.15, -0.1) is 0 Å². The summed E-state index contributed by atoms with van der Waals surface area (Å²) in [7, 11) is 0. The van der Waals surface area contributed by atoms with Crippen LogP contribution in [-0.2, 0) is 6.42 Å². The van der Waals surface area contributed by atoms with E-state index in [1.54, 1.807) is 6.20 Å². The Kier molecular flexibility index (Phi) is 8.69. The first-order chi connectivity index (χ1) is 12.8. The Bertz CT molecular complexity index is 629. The van der Waals surface area contributed by atoms with Crippen LogP contribution in [0.25, 0.3) is 5.69 Å². The minimum absolute atomic E-state index is 0.815. The number of rotatable bonds is 10. The SMILES string of the molecule is CCNC(=NCCN(CC)CC)NCCc1ccc(-n2cccn2)cc1. The largest absolute Gasteiger partial charge is 0.357 e. The Hall–Kier alpha value is -2.34. The van der Waals surface area contributed by atoms with Gasteiger partial charge in [-0.2, -0.15) is 5.10 Å². The molecule has 0 bridgehead atoms. The summed E-state index contributed by atoms with van der Waals surface area (Å²) in [6.07, 6.45) is 4.70. The molecule has 6 heteroatoms. The molecular formula is C20H32N6. The summed E-state index contributed by atoms with van der Waals surface area (Å²) in [6, 6.07) is 10.4. The van der Waals surface area contributed by atoms with Gasteiger partial charge >= 0.3 is 0 Å². The Morgan fingerprint density at radius 1 is 1.12 bits per heavy atom. The van der Waals surface area contributed by atoms with Crippen LogP contribution in [0.4, 0.5) is 0 Å². The van der Waals surface area contributed by atoms with Gasteiger partial charge < -0.3 is 15.5 Å². The molecule has 0 atom stereocenters. The molecule has 0 saturated carbocycles. The number of hydrogen-bond acceptors (Lipinski definition) is 3. The van der Waals surface area contributed by atoms with Crippen molar-refractivity contribution in [2.24, 2.45) is 4.99 Å². The number of aliphatic imine (C=N–C) groups is 1. The maximum Gasteiger partial charge on any atom is 0.191 e. The fourth-order valence-electron chi connectivity index (χ4n) is 2.75. The van der Waals surface area contributed by atoms with E-state index in [9.17, 15) is 0 Å². The van der Waals surface area contributed by atoms with Gasteiger partial charge in [-0.1, -0.05) is 26.0 Å². The summed E-state index contributed by atoms with van der Waals surface area (Å²) < 4.78 is 1.87. The highest BCUT2D eigenvalue weighted by Gasteiger charge is 2.01. The van der Waals surface area contributed by atoms with Crippen LogP contribution >= 0.6 is 0 Å². The van der Waals surface area contributed by atoms with E-state index in [1.807, 2.05) is 16.9 Å². The van der Waals surface area contributed by atoms with E-state index >= 15 is 0 Å². The fourth-order valence-corrected chi connectivity index (χ4v) is 2.75. The number of hydrogen-bond donors (Lipinski definition) is 2. The molecule has 0 aliphatic heterocycles. The van der Waals surface area contributed by atoms with Gasteiger partial charge in [-0.3, -0.25) is 4.99 Å². The van der Waals surface area contributed by atoms with E-state index in [1.165, 1.54) is 5.56 Å². The summed E-state index contributed by atoms with van der Waals surface area (Å²) in [5, 5.41) is 11.0. The number of aromatic nitrogens is 2. The highest BCUT2D eigenvalue weighted by atomic mass is 15.3. The van der Waals surface area contributed by atoms with Gasteiger partial charge in [0.05, 0.1) is 12.2 Å². The van der Waals surface area contributed by atoms with E-state index in [4.69, 9.17) is 0 Å². The van der Waals surface area contributed by atoms with Crippen LogP contribution in [0.15, 0.2) is 47.7 Å². The molecule has 0 radical (unpaired) electrons. The first kappa shape index (κ1) is 20.0. The monoisotopic (exact) mass is 356 g/mol. The molecule has 142 valence electrons. The maximum atomic E-state index is 4.67. The van der Waals surface area contributed by atoms with Crippen molar-refractivity contribution < 1.29 is 0 Å². The third kappa shape index (κ3) is 6.52. The lowest BCUT2D eigenvalue weighted by Gasteiger charge is -2.17. The van der Waals surface area contributed by atoms with E-state index in [2.05, 4.69) is 70.7 Å². The first-order valence-electron chi connectivity index (χ1n) is 9.60. The highest BCUT2D eigenvalue weighted by molar-refractivity contribution is 5.79. The summed E-state index contributed by atoms with van der Waals surface area (Å²) in [5.74, 6) is 0.896. The van der Waals surface area contributed by atoms with E-state index < -0.39 is 0 Å². The van der Waals surface area contributed by atoms with Crippen LogP contribution in [-0.4, -0.2) is 59.9 Å². The number of nitrogens with one attached hydrogen (secondary N) is 2. The molecule has 0 spiro atoms. The Labute approximate surface area is 157 Å². The number of guanidine groups is 1. The van der Waals surface area contributed by atoms with Gasteiger partial charge in [0.25, 0.3) is 0 Å². The molecule has 2 N–H and O–H groups in total. The average molecular weight is 357 g/mol. The smallest absolute Gasteiger partial charge is 0.191 e. The molecule has 0 amide bonds. The number of benzene rings is 1. The molecule has 26 heavy (non-hydrogen) atoms. The highest BCUT2D eigenvalue weighted by Crippen LogP contribution is 2.08. The van der Waals surface area contributed by atoms with Crippen LogP contribution in [0.2, 0.25) is 0 Å². The second kappa shape index (κ2) is 11.3. The molecule has 1 heterocycles. The lowest BCUT2D eigenvalue weighted by molar-refractivity contribution is 0.313. The Morgan fingerprint density at radius 2 is 1.88 bits per heavy atom. The standard InChI is InChI=1S/C20H32N6/c1-4-21-20(23-15-17-25(5-2)6-3)22-14-12-18-8-10-19(11-9-18)26-16-7-13-24-26/h7-11,13,16H,4-6,12,14-15,17H2,1-3H3,(H2,21,22,23). The van der Waals surface area contributed by atoms with Crippen molar-refractivity contribution in [1.29, 1.82) is 0 Å². The third-order valence-electron chi connectivity index (χ3n) is 4.34. The molecule has 6 nitrogen and oxygen atoms in total. The third-order valence-corrected chi connectivity index (χ3v) is 4.34. The van der Waals surface area contributed by atoms with Crippen LogP contribution in [0.1, 0.15) is 26.3 Å². The summed E-state index contributed by atoms with van der Waals surface area (Å²) in [4.78, 5) is 7.05. The molecule has 0 aliphatic carbocycles. The van der Waals surface area contributed by atoms with E-state index in [0.717, 1.165) is 57.3 Å². The predicted octanol–water partition coefficient (Wildman–Crippen LogP) is 2.31. The van der Waals surface area contributed by atoms with Crippen molar-refractivity contribution in [3.05, 3.63) is 48.3 Å². The average Bonchev–Trinajstić information content (AvgIpc) is 3.20. The van der Waals surface area contributed by atoms with Gasteiger partial charge in [0.2, 0.25) is 0 Å². The van der Waals surface area contributed by atoms with Crippen LogP contribution < -0.4 is 10.6 Å². The molecule has 1 aromatic heterocycles. The van der Waals surface area contributed by atoms with Gasteiger partial charge in [0, 0.05) is 32.0 Å². The topological polar surface area (TPSA) is 57.5 Å². The predicted molar refractivity (Wildman–Crippen MR) is 109 cm³/mol. The molecule has 0 unspecified atom stereocenters. The van der Waals surface area contributed by atoms with Gasteiger partial charge in [0.15, 0.2) is 5.96 Å². The summed E-state index contributed by atoms with van der Waals surface area (Å²) in [6.45, 7) is 12.2. The molecule has 2 rings (SSSR count).